The molecule has 0 atom stereocenters. The number of nitrogens with one attached hydrogen (secondary N) is 1. The molecule has 4 nitrogen and oxygen atoms in total. The standard InChI is InChI=1S/C9H4F6N4/c10-8(11,12)4-1-5(7-16-3-17-19-7)18-6(2-4)9(13,14)15/h1-3H,(H,16,17,19). The summed E-state index contributed by atoms with van der Waals surface area (Å²) < 4.78 is 75.1. The van der Waals surface area contributed by atoms with Crippen molar-refractivity contribution in [3.63, 3.8) is 0 Å². The maximum Gasteiger partial charge on any atom is 0.433 e. The number of hydrogen-bond donors (Lipinski definition) is 1. The summed E-state index contributed by atoms with van der Waals surface area (Å²) in [4.78, 5) is 6.56. The summed E-state index contributed by atoms with van der Waals surface area (Å²) in [5.41, 5.74) is -3.72. The molecule has 10 heteroatoms. The smallest absolute Gasteiger partial charge is 0.265 e. The Balaban J connectivity index is 2.62. The second kappa shape index (κ2) is 4.21. The Bertz CT molecular complexity index is 539. The van der Waals surface area contributed by atoms with Gasteiger partial charge < -0.3 is 0 Å². The third-order valence-electron chi connectivity index (χ3n) is 2.09. The Morgan fingerprint density at radius 1 is 0.947 bits per heavy atom. The molecular formula is C9H4F6N4. The highest BCUT2D eigenvalue weighted by atomic mass is 19.4. The first-order chi connectivity index (χ1) is 8.68. The first-order valence-electron chi connectivity index (χ1n) is 4.70. The van der Waals surface area contributed by atoms with Crippen molar-refractivity contribution in [1.29, 1.82) is 0 Å². The summed E-state index contributed by atoms with van der Waals surface area (Å²) in [5.74, 6) is -0.350. The van der Waals surface area contributed by atoms with Gasteiger partial charge in [0, 0.05) is 0 Å². The number of alkyl halides is 6. The van der Waals surface area contributed by atoms with Crippen LogP contribution >= 0.6 is 0 Å². The molecule has 0 unspecified atom stereocenters. The molecule has 102 valence electrons. The lowest BCUT2D eigenvalue weighted by Gasteiger charge is -2.12. The van der Waals surface area contributed by atoms with E-state index < -0.39 is 29.3 Å². The number of hydrogen-bond acceptors (Lipinski definition) is 3. The van der Waals surface area contributed by atoms with Gasteiger partial charge in [-0.15, -0.1) is 0 Å². The number of rotatable bonds is 1. The highest BCUT2D eigenvalue weighted by Gasteiger charge is 2.38. The van der Waals surface area contributed by atoms with E-state index in [2.05, 4.69) is 20.2 Å². The topological polar surface area (TPSA) is 54.5 Å². The third kappa shape index (κ3) is 2.83. The molecular weight excluding hydrogens is 278 g/mol. The summed E-state index contributed by atoms with van der Waals surface area (Å²) in [6.45, 7) is 0. The minimum absolute atomic E-state index is 0.0594. The van der Waals surface area contributed by atoms with E-state index in [1.165, 1.54) is 0 Å². The number of H-pyrrole nitrogens is 1. The van der Waals surface area contributed by atoms with Crippen molar-refractivity contribution in [3.05, 3.63) is 29.7 Å². The Labute approximate surface area is 101 Å². The van der Waals surface area contributed by atoms with E-state index in [9.17, 15) is 26.3 Å². The summed E-state index contributed by atoms with van der Waals surface area (Å²) >= 11 is 0. The molecule has 0 aliphatic heterocycles. The van der Waals surface area contributed by atoms with Crippen LogP contribution in [0.2, 0.25) is 0 Å². The van der Waals surface area contributed by atoms with E-state index in [-0.39, 0.29) is 11.9 Å². The van der Waals surface area contributed by atoms with Crippen molar-refractivity contribution in [1.82, 2.24) is 20.2 Å². The van der Waals surface area contributed by atoms with Gasteiger partial charge in [-0.25, -0.2) is 9.97 Å². The monoisotopic (exact) mass is 282 g/mol. The molecule has 0 saturated heterocycles. The first-order valence-corrected chi connectivity index (χ1v) is 4.70. The fraction of sp³-hybridized carbons (Fsp3) is 0.222. The molecule has 2 aromatic heterocycles. The fourth-order valence-electron chi connectivity index (χ4n) is 1.29. The highest BCUT2D eigenvalue weighted by molar-refractivity contribution is 5.51. The Hall–Kier alpha value is -2.13. The zero-order valence-electron chi connectivity index (χ0n) is 8.84. The van der Waals surface area contributed by atoms with Crippen molar-refractivity contribution >= 4 is 0 Å². The number of aromatic amines is 1. The van der Waals surface area contributed by atoms with E-state index >= 15 is 0 Å². The lowest BCUT2D eigenvalue weighted by Crippen LogP contribution is -2.13. The molecule has 2 heterocycles. The number of pyridine rings is 1. The van der Waals surface area contributed by atoms with Crippen molar-refractivity contribution in [2.75, 3.05) is 0 Å². The van der Waals surface area contributed by atoms with Gasteiger partial charge in [-0.05, 0) is 12.1 Å². The summed E-state index contributed by atoms with van der Waals surface area (Å²) in [5, 5.41) is 5.58. The minimum Gasteiger partial charge on any atom is -0.265 e. The van der Waals surface area contributed by atoms with Crippen LogP contribution in [0.5, 0.6) is 0 Å². The first kappa shape index (κ1) is 13.3. The molecule has 0 radical (unpaired) electrons. The van der Waals surface area contributed by atoms with Crippen LogP contribution in [-0.2, 0) is 12.4 Å². The van der Waals surface area contributed by atoms with Crippen molar-refractivity contribution < 1.29 is 26.3 Å². The fourth-order valence-corrected chi connectivity index (χ4v) is 1.29. The molecule has 0 saturated carbocycles. The third-order valence-corrected chi connectivity index (χ3v) is 2.09. The van der Waals surface area contributed by atoms with Crippen LogP contribution in [0.4, 0.5) is 26.3 Å². The predicted octanol–water partition coefficient (Wildman–Crippen LogP) is 2.90. The van der Waals surface area contributed by atoms with Gasteiger partial charge in [0.15, 0.2) is 5.82 Å². The average Bonchev–Trinajstić information content (AvgIpc) is 2.79. The van der Waals surface area contributed by atoms with Crippen LogP contribution in [0.3, 0.4) is 0 Å². The van der Waals surface area contributed by atoms with E-state index in [0.29, 0.717) is 6.07 Å². The molecule has 0 amide bonds. The second-order valence-electron chi connectivity index (χ2n) is 3.44. The van der Waals surface area contributed by atoms with Crippen LogP contribution in [0.1, 0.15) is 11.3 Å². The lowest BCUT2D eigenvalue weighted by molar-refractivity contribution is -0.145. The molecule has 2 rings (SSSR count). The quantitative estimate of drug-likeness (QED) is 0.818. The van der Waals surface area contributed by atoms with Gasteiger partial charge in [-0.1, -0.05) is 0 Å². The zero-order valence-corrected chi connectivity index (χ0v) is 8.84. The van der Waals surface area contributed by atoms with E-state index in [1.807, 2.05) is 0 Å². The van der Waals surface area contributed by atoms with Gasteiger partial charge in [0.05, 0.1) is 5.56 Å². The Morgan fingerprint density at radius 3 is 2.11 bits per heavy atom. The molecule has 19 heavy (non-hydrogen) atoms. The van der Waals surface area contributed by atoms with Gasteiger partial charge in [-0.3, -0.25) is 5.10 Å². The molecule has 0 spiro atoms. The number of halogens is 6. The number of aromatic nitrogens is 4. The maximum absolute atomic E-state index is 12.5. The molecule has 0 bridgehead atoms. The van der Waals surface area contributed by atoms with Crippen LogP contribution in [0.15, 0.2) is 18.5 Å². The van der Waals surface area contributed by atoms with Gasteiger partial charge in [0.1, 0.15) is 17.7 Å². The molecule has 0 aliphatic carbocycles. The average molecular weight is 282 g/mol. The van der Waals surface area contributed by atoms with E-state index in [1.54, 1.807) is 0 Å². The minimum atomic E-state index is -4.99. The van der Waals surface area contributed by atoms with Crippen LogP contribution in [-0.4, -0.2) is 20.2 Å². The second-order valence-corrected chi connectivity index (χ2v) is 3.44. The lowest BCUT2D eigenvalue weighted by atomic mass is 10.1. The SMILES string of the molecule is FC(F)(F)c1cc(-c2nc[nH]n2)nc(C(F)(F)F)c1. The van der Waals surface area contributed by atoms with Crippen LogP contribution in [0.25, 0.3) is 11.5 Å². The van der Waals surface area contributed by atoms with Gasteiger partial charge in [-0.2, -0.15) is 31.4 Å². The van der Waals surface area contributed by atoms with Crippen LogP contribution < -0.4 is 0 Å². The molecule has 1 N–H and O–H groups in total. The summed E-state index contributed by atoms with van der Waals surface area (Å²) in [6.07, 6.45) is -8.90. The number of nitrogens with zero attached hydrogens (tertiary/aromatic N) is 3. The zero-order chi connectivity index (χ0) is 14.3. The Kier molecular flexibility index (Phi) is 2.95. The molecule has 0 aliphatic rings. The summed E-state index contributed by atoms with van der Waals surface area (Å²) in [7, 11) is 0. The van der Waals surface area contributed by atoms with E-state index in [0.717, 1.165) is 6.33 Å². The van der Waals surface area contributed by atoms with Crippen LogP contribution in [0, 0.1) is 0 Å². The maximum atomic E-state index is 12.5. The van der Waals surface area contributed by atoms with Gasteiger partial charge >= 0.3 is 12.4 Å². The van der Waals surface area contributed by atoms with Crippen molar-refractivity contribution in [3.8, 4) is 11.5 Å². The largest absolute Gasteiger partial charge is 0.433 e. The predicted molar refractivity (Wildman–Crippen MR) is 49.6 cm³/mol. The normalized spacial score (nSPS) is 12.7. The summed E-state index contributed by atoms with van der Waals surface area (Å²) in [6, 6.07) is 0.397. The van der Waals surface area contributed by atoms with Gasteiger partial charge in [0.2, 0.25) is 0 Å². The molecule has 2 aromatic rings. The molecule has 0 aromatic carbocycles. The van der Waals surface area contributed by atoms with Crippen molar-refractivity contribution in [2.24, 2.45) is 0 Å². The Morgan fingerprint density at radius 2 is 1.63 bits per heavy atom. The molecule has 0 fully saturated rings. The highest BCUT2D eigenvalue weighted by Crippen LogP contribution is 2.36. The van der Waals surface area contributed by atoms with Gasteiger partial charge in [0.25, 0.3) is 0 Å². The van der Waals surface area contributed by atoms with Crippen molar-refractivity contribution in [2.45, 2.75) is 12.4 Å². The van der Waals surface area contributed by atoms with E-state index in [4.69, 9.17) is 0 Å².